The molecule has 1 N–H and O–H groups in total. The standard InChI is InChI=1S/C16H24N2O2/c1-5-16(7-6-8-18-16)14(19)9-13-12(3)15(20-4)11(2)10-17-13/h10,18H,5-9H2,1-4H3. The second-order valence-electron chi connectivity index (χ2n) is 5.61. The average molecular weight is 276 g/mol. The van der Waals surface area contributed by atoms with Crippen LogP contribution in [0.5, 0.6) is 5.75 Å². The van der Waals surface area contributed by atoms with Crippen molar-refractivity contribution < 1.29 is 9.53 Å². The third-order valence-corrected chi connectivity index (χ3v) is 4.46. The summed E-state index contributed by atoms with van der Waals surface area (Å²) in [6.07, 6.45) is 5.01. The Labute approximate surface area is 120 Å². The molecule has 20 heavy (non-hydrogen) atoms. The summed E-state index contributed by atoms with van der Waals surface area (Å²) in [6.45, 7) is 6.95. The molecular formula is C16H24N2O2. The van der Waals surface area contributed by atoms with Crippen molar-refractivity contribution in [2.24, 2.45) is 0 Å². The molecule has 0 aliphatic carbocycles. The summed E-state index contributed by atoms with van der Waals surface area (Å²) in [5, 5.41) is 3.39. The van der Waals surface area contributed by atoms with Crippen molar-refractivity contribution in [2.75, 3.05) is 13.7 Å². The number of hydrogen-bond acceptors (Lipinski definition) is 4. The van der Waals surface area contributed by atoms with Crippen LogP contribution in [0.15, 0.2) is 6.20 Å². The largest absolute Gasteiger partial charge is 0.496 e. The monoisotopic (exact) mass is 276 g/mol. The highest BCUT2D eigenvalue weighted by atomic mass is 16.5. The smallest absolute Gasteiger partial charge is 0.158 e. The quantitative estimate of drug-likeness (QED) is 0.897. The van der Waals surface area contributed by atoms with Crippen LogP contribution in [0.2, 0.25) is 0 Å². The van der Waals surface area contributed by atoms with Crippen LogP contribution in [-0.4, -0.2) is 30.0 Å². The number of aromatic nitrogens is 1. The van der Waals surface area contributed by atoms with Gasteiger partial charge in [-0.2, -0.15) is 0 Å². The molecule has 1 aromatic heterocycles. The number of pyridine rings is 1. The highest BCUT2D eigenvalue weighted by Gasteiger charge is 2.38. The molecule has 0 spiro atoms. The lowest BCUT2D eigenvalue weighted by atomic mass is 9.86. The lowest BCUT2D eigenvalue weighted by molar-refractivity contribution is -0.124. The maximum Gasteiger partial charge on any atom is 0.158 e. The number of carbonyl (C=O) groups is 1. The number of ether oxygens (including phenoxy) is 1. The minimum absolute atomic E-state index is 0.249. The number of nitrogens with zero attached hydrogens (tertiary/aromatic N) is 1. The fraction of sp³-hybridized carbons (Fsp3) is 0.625. The topological polar surface area (TPSA) is 51.2 Å². The lowest BCUT2D eigenvalue weighted by Gasteiger charge is -2.26. The second kappa shape index (κ2) is 5.92. The van der Waals surface area contributed by atoms with Gasteiger partial charge in [0.25, 0.3) is 0 Å². The first-order valence-electron chi connectivity index (χ1n) is 7.31. The molecular weight excluding hydrogens is 252 g/mol. The summed E-state index contributed by atoms with van der Waals surface area (Å²) in [7, 11) is 1.66. The first-order chi connectivity index (χ1) is 9.54. The number of nitrogens with one attached hydrogen (secondary N) is 1. The number of methoxy groups -OCH3 is 1. The van der Waals surface area contributed by atoms with Crippen LogP contribution in [0.25, 0.3) is 0 Å². The van der Waals surface area contributed by atoms with Gasteiger partial charge >= 0.3 is 0 Å². The van der Waals surface area contributed by atoms with Gasteiger partial charge in [0, 0.05) is 17.3 Å². The van der Waals surface area contributed by atoms with Crippen molar-refractivity contribution in [1.29, 1.82) is 0 Å². The molecule has 0 bridgehead atoms. The molecule has 1 aliphatic rings. The normalized spacial score (nSPS) is 22.0. The van der Waals surface area contributed by atoms with E-state index in [-0.39, 0.29) is 11.3 Å². The van der Waals surface area contributed by atoms with Crippen molar-refractivity contribution in [3.8, 4) is 5.75 Å². The predicted octanol–water partition coefficient (Wildman–Crippen LogP) is 2.35. The summed E-state index contributed by atoms with van der Waals surface area (Å²) in [6, 6.07) is 0. The van der Waals surface area contributed by atoms with Crippen molar-refractivity contribution >= 4 is 5.78 Å². The first kappa shape index (κ1) is 15.0. The van der Waals surface area contributed by atoms with E-state index < -0.39 is 0 Å². The molecule has 1 aromatic rings. The SMILES string of the molecule is CCC1(C(=O)Cc2ncc(C)c(OC)c2C)CCCN1. The summed E-state index contributed by atoms with van der Waals surface area (Å²) < 4.78 is 5.41. The maximum atomic E-state index is 12.7. The zero-order chi connectivity index (χ0) is 14.8. The van der Waals surface area contributed by atoms with Gasteiger partial charge < -0.3 is 10.1 Å². The van der Waals surface area contributed by atoms with E-state index in [1.54, 1.807) is 13.3 Å². The summed E-state index contributed by atoms with van der Waals surface area (Å²) in [5.41, 5.74) is 2.47. The van der Waals surface area contributed by atoms with Crippen molar-refractivity contribution in [3.63, 3.8) is 0 Å². The van der Waals surface area contributed by atoms with Gasteiger partial charge in [-0.25, -0.2) is 0 Å². The van der Waals surface area contributed by atoms with E-state index in [2.05, 4.69) is 17.2 Å². The Morgan fingerprint density at radius 3 is 2.80 bits per heavy atom. The third-order valence-electron chi connectivity index (χ3n) is 4.46. The molecule has 110 valence electrons. The molecule has 1 saturated heterocycles. The number of rotatable bonds is 5. The molecule has 1 aliphatic heterocycles. The highest BCUT2D eigenvalue weighted by Crippen LogP contribution is 2.28. The van der Waals surface area contributed by atoms with Crippen LogP contribution < -0.4 is 10.1 Å². The maximum absolute atomic E-state index is 12.7. The Morgan fingerprint density at radius 1 is 1.50 bits per heavy atom. The molecule has 2 heterocycles. The molecule has 0 aromatic carbocycles. The van der Waals surface area contributed by atoms with E-state index >= 15 is 0 Å². The third kappa shape index (κ3) is 2.57. The first-order valence-corrected chi connectivity index (χ1v) is 7.31. The van der Waals surface area contributed by atoms with E-state index in [9.17, 15) is 4.79 Å². The lowest BCUT2D eigenvalue weighted by Crippen LogP contribution is -2.47. The van der Waals surface area contributed by atoms with Crippen LogP contribution in [0.3, 0.4) is 0 Å². The zero-order valence-electron chi connectivity index (χ0n) is 12.9. The summed E-state index contributed by atoms with van der Waals surface area (Å²) >= 11 is 0. The van der Waals surface area contributed by atoms with Crippen LogP contribution in [0.1, 0.15) is 43.0 Å². The van der Waals surface area contributed by atoms with Crippen molar-refractivity contribution in [1.82, 2.24) is 10.3 Å². The molecule has 4 heteroatoms. The fourth-order valence-corrected chi connectivity index (χ4v) is 3.11. The van der Waals surface area contributed by atoms with Gasteiger partial charge in [-0.05, 0) is 39.7 Å². The van der Waals surface area contributed by atoms with E-state index in [0.717, 1.165) is 48.4 Å². The number of carbonyl (C=O) groups excluding carboxylic acids is 1. The Morgan fingerprint density at radius 2 is 2.25 bits per heavy atom. The number of ketones is 1. The Bertz CT molecular complexity index is 505. The molecule has 1 atom stereocenters. The van der Waals surface area contributed by atoms with Gasteiger partial charge in [0.2, 0.25) is 0 Å². The van der Waals surface area contributed by atoms with Gasteiger partial charge in [0.05, 0.1) is 24.8 Å². The van der Waals surface area contributed by atoms with E-state index in [1.165, 1.54) is 0 Å². The van der Waals surface area contributed by atoms with Gasteiger partial charge in [0.15, 0.2) is 5.78 Å². The number of aryl methyl sites for hydroxylation is 1. The Balaban J connectivity index is 2.24. The summed E-state index contributed by atoms with van der Waals surface area (Å²) in [4.78, 5) is 17.1. The van der Waals surface area contributed by atoms with E-state index in [1.807, 2.05) is 13.8 Å². The second-order valence-corrected chi connectivity index (χ2v) is 5.61. The Kier molecular flexibility index (Phi) is 4.43. The molecule has 0 amide bonds. The average Bonchev–Trinajstić information content (AvgIpc) is 2.92. The van der Waals surface area contributed by atoms with Crippen molar-refractivity contribution in [3.05, 3.63) is 23.0 Å². The van der Waals surface area contributed by atoms with E-state index in [0.29, 0.717) is 6.42 Å². The molecule has 4 nitrogen and oxygen atoms in total. The Hall–Kier alpha value is -1.42. The van der Waals surface area contributed by atoms with Gasteiger partial charge in [0.1, 0.15) is 5.75 Å². The molecule has 0 radical (unpaired) electrons. The molecule has 0 saturated carbocycles. The predicted molar refractivity (Wildman–Crippen MR) is 79.2 cm³/mol. The van der Waals surface area contributed by atoms with Gasteiger partial charge in [-0.15, -0.1) is 0 Å². The van der Waals surface area contributed by atoms with Crippen LogP contribution in [0, 0.1) is 13.8 Å². The van der Waals surface area contributed by atoms with Gasteiger partial charge in [-0.1, -0.05) is 6.92 Å². The minimum Gasteiger partial charge on any atom is -0.496 e. The summed E-state index contributed by atoms with van der Waals surface area (Å²) in [5.74, 6) is 1.09. The van der Waals surface area contributed by atoms with Crippen LogP contribution in [0.4, 0.5) is 0 Å². The highest BCUT2D eigenvalue weighted by molar-refractivity contribution is 5.90. The minimum atomic E-state index is -0.341. The van der Waals surface area contributed by atoms with Crippen LogP contribution in [-0.2, 0) is 11.2 Å². The van der Waals surface area contributed by atoms with Crippen molar-refractivity contribution in [2.45, 2.75) is 52.0 Å². The number of Topliss-reactive ketones (excluding diaryl/α,β-unsaturated/α-hetero) is 1. The number of hydrogen-bond donors (Lipinski definition) is 1. The van der Waals surface area contributed by atoms with E-state index in [4.69, 9.17) is 4.74 Å². The van der Waals surface area contributed by atoms with Gasteiger partial charge in [-0.3, -0.25) is 9.78 Å². The van der Waals surface area contributed by atoms with Crippen LogP contribution >= 0.6 is 0 Å². The molecule has 2 rings (SSSR count). The molecule has 1 unspecified atom stereocenters. The molecule has 1 fully saturated rings. The zero-order valence-corrected chi connectivity index (χ0v) is 12.9. The fourth-order valence-electron chi connectivity index (χ4n) is 3.11.